The fourth-order valence-electron chi connectivity index (χ4n) is 0.567. The van der Waals surface area contributed by atoms with E-state index in [-0.39, 0.29) is 0 Å². The molecule has 0 saturated carbocycles. The maximum atomic E-state index is 12.4. The quantitative estimate of drug-likeness (QED) is 0.648. The van der Waals surface area contributed by atoms with Crippen molar-refractivity contribution in [2.45, 2.75) is 18.8 Å². The van der Waals surface area contributed by atoms with Crippen LogP contribution in [0.1, 0.15) is 12.8 Å². The Morgan fingerprint density at radius 3 is 2.25 bits per heavy atom. The molecule has 0 amide bonds. The van der Waals surface area contributed by atoms with Gasteiger partial charge in [-0.2, -0.15) is 0 Å². The summed E-state index contributed by atoms with van der Waals surface area (Å²) in [6, 6.07) is 0. The zero-order valence-corrected chi connectivity index (χ0v) is 6.34. The van der Waals surface area contributed by atoms with E-state index < -0.39 is 30.7 Å². The van der Waals surface area contributed by atoms with Gasteiger partial charge in [-0.25, -0.2) is 8.78 Å². The lowest BCUT2D eigenvalue weighted by Crippen LogP contribution is -2.25. The number of aliphatic carboxylic acids is 1. The van der Waals surface area contributed by atoms with Crippen LogP contribution >= 0.6 is 0 Å². The SMILES string of the molecule is COC(=O)CC(F)(F)CC(=O)O. The number of carboxylic acid groups (broad SMARTS) is 1. The summed E-state index contributed by atoms with van der Waals surface area (Å²) in [6.45, 7) is 0. The molecule has 0 unspecified atom stereocenters. The van der Waals surface area contributed by atoms with Crippen LogP contribution in [-0.2, 0) is 14.3 Å². The summed E-state index contributed by atoms with van der Waals surface area (Å²) in [5.74, 6) is -6.30. The third kappa shape index (κ3) is 4.59. The second kappa shape index (κ2) is 3.99. The molecule has 0 spiro atoms. The summed E-state index contributed by atoms with van der Waals surface area (Å²) >= 11 is 0. The van der Waals surface area contributed by atoms with Crippen molar-refractivity contribution >= 4 is 11.9 Å². The Hall–Kier alpha value is -1.20. The van der Waals surface area contributed by atoms with Gasteiger partial charge in [0.15, 0.2) is 0 Å². The van der Waals surface area contributed by atoms with Crippen LogP contribution in [0.25, 0.3) is 0 Å². The van der Waals surface area contributed by atoms with E-state index in [2.05, 4.69) is 4.74 Å². The Labute approximate surface area is 67.1 Å². The second-order valence-corrected chi connectivity index (χ2v) is 2.18. The molecule has 0 rings (SSSR count). The molecule has 0 aliphatic rings. The minimum atomic E-state index is -3.53. The number of alkyl halides is 2. The van der Waals surface area contributed by atoms with Crippen molar-refractivity contribution in [2.75, 3.05) is 7.11 Å². The van der Waals surface area contributed by atoms with Crippen molar-refractivity contribution in [3.8, 4) is 0 Å². The van der Waals surface area contributed by atoms with Gasteiger partial charge in [0, 0.05) is 0 Å². The highest BCUT2D eigenvalue weighted by Crippen LogP contribution is 2.22. The smallest absolute Gasteiger partial charge is 0.311 e. The Morgan fingerprint density at radius 2 is 1.92 bits per heavy atom. The van der Waals surface area contributed by atoms with Gasteiger partial charge in [0.25, 0.3) is 5.92 Å². The Kier molecular flexibility index (Phi) is 3.59. The highest BCUT2D eigenvalue weighted by molar-refractivity contribution is 5.73. The fourth-order valence-corrected chi connectivity index (χ4v) is 0.567. The molecule has 1 N–H and O–H groups in total. The van der Waals surface area contributed by atoms with Crippen LogP contribution in [0.15, 0.2) is 0 Å². The minimum Gasteiger partial charge on any atom is -0.481 e. The van der Waals surface area contributed by atoms with E-state index in [0.29, 0.717) is 0 Å². The second-order valence-electron chi connectivity index (χ2n) is 2.18. The van der Waals surface area contributed by atoms with Gasteiger partial charge in [-0.15, -0.1) is 0 Å². The van der Waals surface area contributed by atoms with Crippen LogP contribution < -0.4 is 0 Å². The number of hydrogen-bond donors (Lipinski definition) is 1. The van der Waals surface area contributed by atoms with Gasteiger partial charge < -0.3 is 9.84 Å². The molecule has 70 valence electrons. The maximum Gasteiger partial charge on any atom is 0.311 e. The average Bonchev–Trinajstić information content (AvgIpc) is 1.83. The molecule has 0 aromatic heterocycles. The molecular weight excluding hydrogens is 174 g/mol. The summed E-state index contributed by atoms with van der Waals surface area (Å²) in [5.41, 5.74) is 0. The van der Waals surface area contributed by atoms with Crippen molar-refractivity contribution in [1.29, 1.82) is 0 Å². The normalized spacial score (nSPS) is 10.9. The summed E-state index contributed by atoms with van der Waals surface area (Å²) in [4.78, 5) is 20.2. The van der Waals surface area contributed by atoms with Gasteiger partial charge >= 0.3 is 11.9 Å². The maximum absolute atomic E-state index is 12.4. The number of halogens is 2. The lowest BCUT2D eigenvalue weighted by Gasteiger charge is -2.11. The van der Waals surface area contributed by atoms with E-state index in [0.717, 1.165) is 7.11 Å². The number of methoxy groups -OCH3 is 1. The van der Waals surface area contributed by atoms with Crippen molar-refractivity contribution in [3.05, 3.63) is 0 Å². The summed E-state index contributed by atoms with van der Waals surface area (Å²) < 4.78 is 28.8. The Bertz CT molecular complexity index is 190. The van der Waals surface area contributed by atoms with Crippen LogP contribution in [0.3, 0.4) is 0 Å². The van der Waals surface area contributed by atoms with E-state index in [1.54, 1.807) is 0 Å². The van der Waals surface area contributed by atoms with Crippen molar-refractivity contribution < 1.29 is 28.2 Å². The Balaban J connectivity index is 4.03. The van der Waals surface area contributed by atoms with Gasteiger partial charge in [-0.05, 0) is 0 Å². The largest absolute Gasteiger partial charge is 0.481 e. The van der Waals surface area contributed by atoms with Crippen LogP contribution in [0.4, 0.5) is 8.78 Å². The molecule has 0 aliphatic carbocycles. The van der Waals surface area contributed by atoms with Gasteiger partial charge in [0.1, 0.15) is 12.8 Å². The number of hydrogen-bond acceptors (Lipinski definition) is 3. The topological polar surface area (TPSA) is 63.6 Å². The Morgan fingerprint density at radius 1 is 1.42 bits per heavy atom. The van der Waals surface area contributed by atoms with Crippen LogP contribution in [0.2, 0.25) is 0 Å². The van der Waals surface area contributed by atoms with Crippen LogP contribution in [0, 0.1) is 0 Å². The summed E-state index contributed by atoms with van der Waals surface area (Å²) in [6.07, 6.45) is -2.56. The number of carbonyl (C=O) groups is 2. The lowest BCUT2D eigenvalue weighted by atomic mass is 10.2. The van der Waals surface area contributed by atoms with Crippen molar-refractivity contribution in [2.24, 2.45) is 0 Å². The first-order chi connectivity index (χ1) is 5.37. The molecule has 0 aromatic carbocycles. The zero-order chi connectivity index (χ0) is 9.78. The number of carbonyl (C=O) groups excluding carboxylic acids is 1. The van der Waals surface area contributed by atoms with Crippen LogP contribution in [0.5, 0.6) is 0 Å². The molecular formula is C6H8F2O4. The third-order valence-electron chi connectivity index (χ3n) is 1.04. The van der Waals surface area contributed by atoms with E-state index in [1.807, 2.05) is 0 Å². The predicted molar refractivity (Wildman–Crippen MR) is 33.8 cm³/mol. The first kappa shape index (κ1) is 10.8. The van der Waals surface area contributed by atoms with Crippen molar-refractivity contribution in [3.63, 3.8) is 0 Å². The number of ether oxygens (including phenoxy) is 1. The van der Waals surface area contributed by atoms with E-state index in [9.17, 15) is 18.4 Å². The first-order valence-electron chi connectivity index (χ1n) is 3.04. The number of rotatable bonds is 4. The highest BCUT2D eigenvalue weighted by atomic mass is 19.3. The molecule has 4 nitrogen and oxygen atoms in total. The average molecular weight is 182 g/mol. The minimum absolute atomic E-state index is 0.958. The predicted octanol–water partition coefficient (Wildman–Crippen LogP) is 0.659. The molecule has 0 saturated heterocycles. The van der Waals surface area contributed by atoms with Gasteiger partial charge in [-0.3, -0.25) is 9.59 Å². The molecule has 0 aromatic rings. The molecule has 0 aliphatic heterocycles. The fraction of sp³-hybridized carbons (Fsp3) is 0.667. The summed E-state index contributed by atoms with van der Waals surface area (Å²) in [5, 5.41) is 8.00. The molecule has 12 heavy (non-hydrogen) atoms. The van der Waals surface area contributed by atoms with E-state index >= 15 is 0 Å². The lowest BCUT2D eigenvalue weighted by molar-refractivity contribution is -0.154. The van der Waals surface area contributed by atoms with Gasteiger partial charge in [-0.1, -0.05) is 0 Å². The molecule has 0 fully saturated rings. The molecule has 0 radical (unpaired) electrons. The van der Waals surface area contributed by atoms with E-state index in [4.69, 9.17) is 5.11 Å². The van der Waals surface area contributed by atoms with Crippen LogP contribution in [-0.4, -0.2) is 30.1 Å². The molecule has 6 heteroatoms. The number of esters is 1. The standard InChI is InChI=1S/C6H8F2O4/c1-12-5(11)3-6(7,8)2-4(9)10/h2-3H2,1H3,(H,9,10). The van der Waals surface area contributed by atoms with Gasteiger partial charge in [0.05, 0.1) is 7.11 Å². The number of carboxylic acids is 1. The monoisotopic (exact) mass is 182 g/mol. The highest BCUT2D eigenvalue weighted by Gasteiger charge is 2.35. The third-order valence-corrected chi connectivity index (χ3v) is 1.04. The van der Waals surface area contributed by atoms with E-state index in [1.165, 1.54) is 0 Å². The molecule has 0 atom stereocenters. The van der Waals surface area contributed by atoms with Gasteiger partial charge in [0.2, 0.25) is 0 Å². The first-order valence-corrected chi connectivity index (χ1v) is 3.04. The van der Waals surface area contributed by atoms with Crippen molar-refractivity contribution in [1.82, 2.24) is 0 Å². The molecule has 0 heterocycles. The summed E-state index contributed by atoms with van der Waals surface area (Å²) in [7, 11) is 0.958. The zero-order valence-electron chi connectivity index (χ0n) is 6.34. The molecule has 0 bridgehead atoms.